The standard InChI is InChI=1S/C18H25N3O.H3O4P/c1-4-5-7-12-16(15-10-8-6-9-11-15)21-18-19-13(2)17(22)14(3)20-18;1-5(2,3)4/h6,8-11,16,22H,4-5,7,12H2,1-3H3,(H,19,20,21);(H3,1,2,3,4). The van der Waals surface area contributed by atoms with E-state index in [2.05, 4.69) is 46.5 Å². The lowest BCUT2D eigenvalue weighted by molar-refractivity contribution is 0.275. The molecule has 9 heteroatoms. The van der Waals surface area contributed by atoms with Crippen LogP contribution < -0.4 is 5.32 Å². The van der Waals surface area contributed by atoms with Gasteiger partial charge in [-0.3, -0.25) is 0 Å². The summed E-state index contributed by atoms with van der Waals surface area (Å²) in [6.07, 6.45) is 4.63. The highest BCUT2D eigenvalue weighted by Gasteiger charge is 2.14. The first-order valence-electron chi connectivity index (χ1n) is 8.75. The maximum absolute atomic E-state index is 9.80. The first kappa shape index (κ1) is 23.0. The summed E-state index contributed by atoms with van der Waals surface area (Å²) >= 11 is 0. The number of nitrogens with zero attached hydrogens (tertiary/aromatic N) is 2. The predicted molar refractivity (Wildman–Crippen MR) is 104 cm³/mol. The number of hydrogen-bond donors (Lipinski definition) is 5. The molecule has 8 nitrogen and oxygen atoms in total. The summed E-state index contributed by atoms with van der Waals surface area (Å²) in [5, 5.41) is 13.2. The van der Waals surface area contributed by atoms with Crippen LogP contribution in [0, 0.1) is 13.8 Å². The normalized spacial score (nSPS) is 12.1. The average Bonchev–Trinajstić information content (AvgIpc) is 2.58. The van der Waals surface area contributed by atoms with Crippen LogP contribution in [-0.2, 0) is 4.57 Å². The maximum atomic E-state index is 9.80. The van der Waals surface area contributed by atoms with Gasteiger partial charge in [0, 0.05) is 0 Å². The molecule has 5 N–H and O–H groups in total. The van der Waals surface area contributed by atoms with Gasteiger partial charge in [-0.15, -0.1) is 0 Å². The summed E-state index contributed by atoms with van der Waals surface area (Å²) in [6.45, 7) is 5.80. The molecule has 1 heterocycles. The Morgan fingerprint density at radius 1 is 1.04 bits per heavy atom. The van der Waals surface area contributed by atoms with Gasteiger partial charge < -0.3 is 25.1 Å². The van der Waals surface area contributed by atoms with Crippen LogP contribution in [0.1, 0.15) is 55.6 Å². The number of nitrogens with one attached hydrogen (secondary N) is 1. The van der Waals surface area contributed by atoms with Crippen LogP contribution in [-0.4, -0.2) is 29.8 Å². The molecule has 0 radical (unpaired) electrons. The van der Waals surface area contributed by atoms with Crippen molar-refractivity contribution in [2.24, 2.45) is 0 Å². The monoisotopic (exact) mass is 397 g/mol. The molecular weight excluding hydrogens is 369 g/mol. The molecule has 0 saturated heterocycles. The number of phosphoric acid groups is 1. The third-order valence-corrected chi connectivity index (χ3v) is 3.83. The molecule has 1 aromatic heterocycles. The minimum atomic E-state index is -4.64. The number of anilines is 1. The SMILES string of the molecule is CCCCCC(Nc1nc(C)c(O)c(C)n1)c1ccccc1.O=P(O)(O)O. The van der Waals surface area contributed by atoms with Crippen molar-refractivity contribution in [2.75, 3.05) is 5.32 Å². The van der Waals surface area contributed by atoms with Crippen molar-refractivity contribution >= 4 is 13.8 Å². The van der Waals surface area contributed by atoms with Gasteiger partial charge in [-0.05, 0) is 25.8 Å². The number of rotatable bonds is 7. The average molecular weight is 397 g/mol. The number of hydrogen-bond acceptors (Lipinski definition) is 5. The van der Waals surface area contributed by atoms with Crippen molar-refractivity contribution < 1.29 is 24.4 Å². The number of benzene rings is 1. The molecule has 0 spiro atoms. The fourth-order valence-corrected chi connectivity index (χ4v) is 2.54. The smallest absolute Gasteiger partial charge is 0.466 e. The lowest BCUT2D eigenvalue weighted by Crippen LogP contribution is -2.14. The van der Waals surface area contributed by atoms with Gasteiger partial charge in [-0.25, -0.2) is 14.5 Å². The molecule has 150 valence electrons. The molecule has 1 aromatic carbocycles. The van der Waals surface area contributed by atoms with E-state index in [0.29, 0.717) is 17.3 Å². The summed E-state index contributed by atoms with van der Waals surface area (Å²) in [4.78, 5) is 30.3. The van der Waals surface area contributed by atoms with Gasteiger partial charge in [0.1, 0.15) is 0 Å². The molecule has 2 aromatic rings. The fraction of sp³-hybridized carbons (Fsp3) is 0.444. The minimum Gasteiger partial charge on any atom is -0.504 e. The topological polar surface area (TPSA) is 136 Å². The van der Waals surface area contributed by atoms with Gasteiger partial charge in [0.2, 0.25) is 5.95 Å². The molecule has 0 bridgehead atoms. The van der Waals surface area contributed by atoms with E-state index in [1.807, 2.05) is 6.07 Å². The second-order valence-electron chi connectivity index (χ2n) is 6.18. The van der Waals surface area contributed by atoms with Crippen LogP contribution in [0.3, 0.4) is 0 Å². The van der Waals surface area contributed by atoms with Crippen LogP contribution in [0.2, 0.25) is 0 Å². The largest absolute Gasteiger partial charge is 0.504 e. The first-order valence-corrected chi connectivity index (χ1v) is 10.3. The molecule has 0 aliphatic heterocycles. The second kappa shape index (κ2) is 11.0. The lowest BCUT2D eigenvalue weighted by Gasteiger charge is -2.20. The molecule has 27 heavy (non-hydrogen) atoms. The third kappa shape index (κ3) is 9.49. The molecule has 0 fully saturated rings. The van der Waals surface area contributed by atoms with Gasteiger partial charge >= 0.3 is 7.82 Å². The van der Waals surface area contributed by atoms with Crippen LogP contribution in [0.4, 0.5) is 5.95 Å². The van der Waals surface area contributed by atoms with E-state index in [4.69, 9.17) is 19.2 Å². The Hall–Kier alpha value is -1.99. The van der Waals surface area contributed by atoms with E-state index in [-0.39, 0.29) is 11.8 Å². The number of aryl methyl sites for hydroxylation is 2. The van der Waals surface area contributed by atoms with E-state index < -0.39 is 7.82 Å². The maximum Gasteiger partial charge on any atom is 0.466 e. The Balaban J connectivity index is 0.000000646. The van der Waals surface area contributed by atoms with Crippen molar-refractivity contribution in [1.29, 1.82) is 0 Å². The van der Waals surface area contributed by atoms with Gasteiger partial charge in [0.25, 0.3) is 0 Å². The Labute approximate surface area is 159 Å². The van der Waals surface area contributed by atoms with E-state index in [9.17, 15) is 5.11 Å². The summed E-state index contributed by atoms with van der Waals surface area (Å²) in [6, 6.07) is 10.6. The quantitative estimate of drug-likeness (QED) is 0.353. The highest BCUT2D eigenvalue weighted by Crippen LogP contribution is 2.26. The summed E-state index contributed by atoms with van der Waals surface area (Å²) in [5.41, 5.74) is 2.45. The van der Waals surface area contributed by atoms with Crippen molar-refractivity contribution in [3.63, 3.8) is 0 Å². The van der Waals surface area contributed by atoms with Crippen LogP contribution in [0.15, 0.2) is 30.3 Å². The molecule has 0 aliphatic rings. The highest BCUT2D eigenvalue weighted by atomic mass is 31.2. The van der Waals surface area contributed by atoms with Gasteiger partial charge in [0.05, 0.1) is 17.4 Å². The van der Waals surface area contributed by atoms with Gasteiger partial charge in [-0.2, -0.15) is 0 Å². The number of aromatic nitrogens is 2. The summed E-state index contributed by atoms with van der Waals surface area (Å²) in [7, 11) is -4.64. The van der Waals surface area contributed by atoms with Crippen LogP contribution in [0.25, 0.3) is 0 Å². The fourth-order valence-electron chi connectivity index (χ4n) is 2.54. The zero-order valence-corrected chi connectivity index (χ0v) is 16.7. The Bertz CT molecular complexity index is 721. The number of unbranched alkanes of at least 4 members (excludes halogenated alkanes) is 2. The van der Waals surface area contributed by atoms with Gasteiger partial charge in [0.15, 0.2) is 5.75 Å². The first-order chi connectivity index (χ1) is 12.6. The predicted octanol–water partition coefficient (Wildman–Crippen LogP) is 3.60. The molecule has 1 unspecified atom stereocenters. The zero-order chi connectivity index (χ0) is 20.4. The van der Waals surface area contributed by atoms with Gasteiger partial charge in [-0.1, -0.05) is 56.5 Å². The molecule has 2 rings (SSSR count). The second-order valence-corrected chi connectivity index (χ2v) is 7.21. The van der Waals surface area contributed by atoms with Crippen molar-refractivity contribution in [3.8, 4) is 5.75 Å². The zero-order valence-electron chi connectivity index (χ0n) is 15.8. The highest BCUT2D eigenvalue weighted by molar-refractivity contribution is 7.45. The summed E-state index contributed by atoms with van der Waals surface area (Å²) < 4.78 is 8.88. The Kier molecular flexibility index (Phi) is 9.38. The molecule has 0 aliphatic carbocycles. The molecular formula is C18H28N3O5P. The number of aromatic hydroxyl groups is 1. The minimum absolute atomic E-state index is 0.174. The van der Waals surface area contributed by atoms with Crippen LogP contribution >= 0.6 is 7.82 Å². The van der Waals surface area contributed by atoms with E-state index >= 15 is 0 Å². The Morgan fingerprint density at radius 2 is 1.56 bits per heavy atom. The van der Waals surface area contributed by atoms with Crippen molar-refractivity contribution in [1.82, 2.24) is 9.97 Å². The third-order valence-electron chi connectivity index (χ3n) is 3.83. The van der Waals surface area contributed by atoms with E-state index in [0.717, 1.165) is 6.42 Å². The Morgan fingerprint density at radius 3 is 2.04 bits per heavy atom. The molecule has 1 atom stereocenters. The molecule has 0 saturated carbocycles. The molecule has 0 amide bonds. The van der Waals surface area contributed by atoms with Crippen molar-refractivity contribution in [3.05, 3.63) is 47.3 Å². The van der Waals surface area contributed by atoms with E-state index in [1.165, 1.54) is 24.8 Å². The van der Waals surface area contributed by atoms with E-state index in [1.54, 1.807) is 13.8 Å². The summed E-state index contributed by atoms with van der Waals surface area (Å²) in [5.74, 6) is 0.756. The lowest BCUT2D eigenvalue weighted by atomic mass is 10.0. The van der Waals surface area contributed by atoms with Crippen LogP contribution in [0.5, 0.6) is 5.75 Å². The van der Waals surface area contributed by atoms with Crippen molar-refractivity contribution in [2.45, 2.75) is 52.5 Å².